The molecule has 0 fully saturated rings. The van der Waals surface area contributed by atoms with Gasteiger partial charge in [-0.2, -0.15) is 0 Å². The summed E-state index contributed by atoms with van der Waals surface area (Å²) in [6.45, 7) is 4.13. The molecular formula is C18H20ClNO. The van der Waals surface area contributed by atoms with Gasteiger partial charge in [0.05, 0.1) is 6.42 Å². The molecule has 0 atom stereocenters. The smallest absolute Gasteiger partial charge is 0.228 e. The molecule has 2 aromatic carbocycles. The van der Waals surface area contributed by atoms with E-state index in [2.05, 4.69) is 31.3 Å². The molecule has 0 aliphatic rings. The summed E-state index contributed by atoms with van der Waals surface area (Å²) in [5.74, 6) is 0.613. The lowest BCUT2D eigenvalue weighted by atomic mass is 10.0. The topological polar surface area (TPSA) is 29.1 Å². The van der Waals surface area contributed by atoms with Gasteiger partial charge in [-0.05, 0) is 54.7 Å². The van der Waals surface area contributed by atoms with Crippen molar-refractivity contribution in [2.45, 2.75) is 26.7 Å². The van der Waals surface area contributed by atoms with Gasteiger partial charge in [0.1, 0.15) is 0 Å². The van der Waals surface area contributed by atoms with Gasteiger partial charge >= 0.3 is 0 Å². The van der Waals surface area contributed by atoms with Crippen LogP contribution in [0.15, 0.2) is 42.5 Å². The Kier molecular flexibility index (Phi) is 5.40. The number of hydrogen-bond acceptors (Lipinski definition) is 1. The Morgan fingerprint density at radius 1 is 1.00 bits per heavy atom. The maximum absolute atomic E-state index is 12.1. The third-order valence-corrected chi connectivity index (χ3v) is 3.75. The van der Waals surface area contributed by atoms with E-state index >= 15 is 0 Å². The van der Waals surface area contributed by atoms with Crippen molar-refractivity contribution in [1.82, 2.24) is 0 Å². The number of halogens is 1. The number of carbonyl (C=O) groups excluding carboxylic acids is 1. The SMILES string of the molecule is Cc1ccc(CC(=O)Nc2ccc(CCCl)cc2)cc1C. The van der Waals surface area contributed by atoms with Crippen LogP contribution in [0.1, 0.15) is 22.3 Å². The van der Waals surface area contributed by atoms with E-state index in [4.69, 9.17) is 11.6 Å². The molecule has 0 spiro atoms. The molecule has 0 bridgehead atoms. The van der Waals surface area contributed by atoms with Gasteiger partial charge in [-0.15, -0.1) is 11.6 Å². The molecule has 0 aromatic heterocycles. The number of anilines is 1. The largest absolute Gasteiger partial charge is 0.326 e. The molecular weight excluding hydrogens is 282 g/mol. The second-order valence-electron chi connectivity index (χ2n) is 5.28. The average molecular weight is 302 g/mol. The highest BCUT2D eigenvalue weighted by Gasteiger charge is 2.05. The summed E-state index contributed by atoms with van der Waals surface area (Å²) in [5.41, 5.74) is 5.49. The zero-order valence-electron chi connectivity index (χ0n) is 12.4. The van der Waals surface area contributed by atoms with Gasteiger partial charge in [0.2, 0.25) is 5.91 Å². The van der Waals surface area contributed by atoms with Crippen molar-refractivity contribution in [2.24, 2.45) is 0 Å². The van der Waals surface area contributed by atoms with Crippen LogP contribution in [0.25, 0.3) is 0 Å². The highest BCUT2D eigenvalue weighted by molar-refractivity contribution is 6.18. The van der Waals surface area contributed by atoms with E-state index in [1.54, 1.807) is 0 Å². The fraction of sp³-hybridized carbons (Fsp3) is 0.278. The van der Waals surface area contributed by atoms with E-state index in [0.717, 1.165) is 17.7 Å². The van der Waals surface area contributed by atoms with Gasteiger partial charge in [-0.1, -0.05) is 30.3 Å². The predicted octanol–water partition coefficient (Wildman–Crippen LogP) is 4.27. The van der Waals surface area contributed by atoms with Crippen LogP contribution in [0.5, 0.6) is 0 Å². The zero-order valence-corrected chi connectivity index (χ0v) is 13.2. The monoisotopic (exact) mass is 301 g/mol. The van der Waals surface area contributed by atoms with Crippen molar-refractivity contribution in [3.8, 4) is 0 Å². The molecule has 0 aliphatic heterocycles. The van der Waals surface area contributed by atoms with Crippen molar-refractivity contribution in [2.75, 3.05) is 11.2 Å². The van der Waals surface area contributed by atoms with Gasteiger partial charge < -0.3 is 5.32 Å². The van der Waals surface area contributed by atoms with E-state index in [1.807, 2.05) is 30.3 Å². The number of amides is 1. The molecule has 3 heteroatoms. The van der Waals surface area contributed by atoms with Crippen LogP contribution in [-0.2, 0) is 17.6 Å². The fourth-order valence-electron chi connectivity index (χ4n) is 2.17. The second-order valence-corrected chi connectivity index (χ2v) is 5.66. The minimum atomic E-state index is 0.00310. The summed E-state index contributed by atoms with van der Waals surface area (Å²) < 4.78 is 0. The summed E-state index contributed by atoms with van der Waals surface area (Å²) in [5, 5.41) is 2.92. The minimum Gasteiger partial charge on any atom is -0.326 e. The van der Waals surface area contributed by atoms with Crippen molar-refractivity contribution in [3.05, 3.63) is 64.7 Å². The second kappa shape index (κ2) is 7.28. The summed E-state index contributed by atoms with van der Waals surface area (Å²) >= 11 is 5.70. The van der Waals surface area contributed by atoms with Gasteiger partial charge in [0.25, 0.3) is 0 Å². The normalized spacial score (nSPS) is 10.4. The number of benzene rings is 2. The standard InChI is InChI=1S/C18H20ClNO/c1-13-3-4-16(11-14(13)2)12-18(21)20-17-7-5-15(6-8-17)9-10-19/h3-8,11H,9-10,12H2,1-2H3,(H,20,21). The lowest BCUT2D eigenvalue weighted by Crippen LogP contribution is -2.14. The third kappa shape index (κ3) is 4.61. The van der Waals surface area contributed by atoms with Crippen LogP contribution in [0.2, 0.25) is 0 Å². The number of aryl methyl sites for hydroxylation is 3. The van der Waals surface area contributed by atoms with Gasteiger partial charge in [-0.25, -0.2) is 0 Å². The maximum atomic E-state index is 12.1. The van der Waals surface area contributed by atoms with Gasteiger partial charge in [-0.3, -0.25) is 4.79 Å². The lowest BCUT2D eigenvalue weighted by molar-refractivity contribution is -0.115. The average Bonchev–Trinajstić information content (AvgIpc) is 2.45. The molecule has 0 saturated heterocycles. The molecule has 0 saturated carbocycles. The lowest BCUT2D eigenvalue weighted by Gasteiger charge is -2.08. The summed E-state index contributed by atoms with van der Waals surface area (Å²) in [6, 6.07) is 13.9. The number of rotatable bonds is 5. The third-order valence-electron chi connectivity index (χ3n) is 3.56. The van der Waals surface area contributed by atoms with Crippen molar-refractivity contribution < 1.29 is 4.79 Å². The van der Waals surface area contributed by atoms with Crippen LogP contribution in [0.4, 0.5) is 5.69 Å². The number of nitrogens with one attached hydrogen (secondary N) is 1. The van der Waals surface area contributed by atoms with E-state index in [0.29, 0.717) is 12.3 Å². The molecule has 2 rings (SSSR count). The molecule has 0 heterocycles. The number of hydrogen-bond donors (Lipinski definition) is 1. The molecule has 2 nitrogen and oxygen atoms in total. The molecule has 1 amide bonds. The fourth-order valence-corrected chi connectivity index (χ4v) is 2.39. The molecule has 0 aliphatic carbocycles. The molecule has 110 valence electrons. The number of carbonyl (C=O) groups is 1. The minimum absolute atomic E-state index is 0.00310. The molecule has 2 aromatic rings. The first-order valence-corrected chi connectivity index (χ1v) is 7.63. The van der Waals surface area contributed by atoms with Crippen LogP contribution in [0, 0.1) is 13.8 Å². The van der Waals surface area contributed by atoms with E-state index in [9.17, 15) is 4.79 Å². The Morgan fingerprint density at radius 3 is 2.29 bits per heavy atom. The van der Waals surface area contributed by atoms with Crippen molar-refractivity contribution in [1.29, 1.82) is 0 Å². The van der Waals surface area contributed by atoms with Crippen LogP contribution < -0.4 is 5.32 Å². The first-order chi connectivity index (χ1) is 10.1. The van der Waals surface area contributed by atoms with Crippen LogP contribution >= 0.6 is 11.6 Å². The summed E-state index contributed by atoms with van der Waals surface area (Å²) in [7, 11) is 0. The maximum Gasteiger partial charge on any atom is 0.228 e. The van der Waals surface area contributed by atoms with E-state index < -0.39 is 0 Å². The van der Waals surface area contributed by atoms with Crippen molar-refractivity contribution in [3.63, 3.8) is 0 Å². The summed E-state index contributed by atoms with van der Waals surface area (Å²) in [6.07, 6.45) is 1.24. The zero-order chi connectivity index (χ0) is 15.2. The molecule has 0 unspecified atom stereocenters. The van der Waals surface area contributed by atoms with Gasteiger partial charge in [0.15, 0.2) is 0 Å². The van der Waals surface area contributed by atoms with E-state index in [1.165, 1.54) is 16.7 Å². The van der Waals surface area contributed by atoms with Crippen molar-refractivity contribution >= 4 is 23.2 Å². The first kappa shape index (κ1) is 15.6. The number of alkyl halides is 1. The quantitative estimate of drug-likeness (QED) is 0.821. The predicted molar refractivity (Wildman–Crippen MR) is 89.1 cm³/mol. The van der Waals surface area contributed by atoms with Crippen LogP contribution in [-0.4, -0.2) is 11.8 Å². The first-order valence-electron chi connectivity index (χ1n) is 7.09. The van der Waals surface area contributed by atoms with E-state index in [-0.39, 0.29) is 5.91 Å². The Morgan fingerprint density at radius 2 is 1.67 bits per heavy atom. The molecule has 1 N–H and O–H groups in total. The molecule has 21 heavy (non-hydrogen) atoms. The highest BCUT2D eigenvalue weighted by Crippen LogP contribution is 2.13. The highest BCUT2D eigenvalue weighted by atomic mass is 35.5. The Bertz CT molecular complexity index is 620. The Hall–Kier alpha value is -1.80. The Balaban J connectivity index is 1.96. The summed E-state index contributed by atoms with van der Waals surface area (Å²) in [4.78, 5) is 12.1. The molecule has 0 radical (unpaired) electrons. The van der Waals surface area contributed by atoms with Crippen LogP contribution in [0.3, 0.4) is 0 Å². The van der Waals surface area contributed by atoms with Gasteiger partial charge in [0, 0.05) is 11.6 Å². The Labute approximate surface area is 131 Å².